The Hall–Kier alpha value is -2.10. The van der Waals surface area contributed by atoms with Gasteiger partial charge in [-0.05, 0) is 43.7 Å². The average molecular weight is 359 g/mol. The third-order valence-electron chi connectivity index (χ3n) is 4.18. The number of aryl methyl sites for hydroxylation is 1. The first kappa shape index (κ1) is 19.2. The van der Waals surface area contributed by atoms with Crippen molar-refractivity contribution in [2.24, 2.45) is 0 Å². The van der Waals surface area contributed by atoms with Gasteiger partial charge in [0, 0.05) is 20.1 Å². The summed E-state index contributed by atoms with van der Waals surface area (Å²) in [5.74, 6) is -0.370. The van der Waals surface area contributed by atoms with Crippen LogP contribution in [0.5, 0.6) is 0 Å². The lowest BCUT2D eigenvalue weighted by Gasteiger charge is -2.16. The van der Waals surface area contributed by atoms with Crippen LogP contribution in [0.4, 0.5) is 0 Å². The quantitative estimate of drug-likeness (QED) is 0.420. The largest absolute Gasteiger partial charge is 0.461 e. The number of hydrogen-bond acceptors (Lipinski definition) is 4. The van der Waals surface area contributed by atoms with E-state index in [9.17, 15) is 10.1 Å². The van der Waals surface area contributed by atoms with Crippen LogP contribution in [0, 0.1) is 18.3 Å². The third kappa shape index (κ3) is 4.50. The monoisotopic (exact) mass is 358 g/mol. The second-order valence-electron chi connectivity index (χ2n) is 7.31. The van der Waals surface area contributed by atoms with E-state index in [4.69, 9.17) is 9.47 Å². The van der Waals surface area contributed by atoms with Gasteiger partial charge in [0.1, 0.15) is 12.4 Å². The number of nitrogens with zero attached hydrogens (tertiary/aromatic N) is 2. The fraction of sp³-hybridized carbons (Fsp3) is 0.474. The van der Waals surface area contributed by atoms with Gasteiger partial charge in [-0.1, -0.05) is 19.6 Å². The lowest BCUT2D eigenvalue weighted by Crippen LogP contribution is -2.22. The van der Waals surface area contributed by atoms with Gasteiger partial charge in [0.15, 0.2) is 0 Å². The summed E-state index contributed by atoms with van der Waals surface area (Å²) in [6.45, 7) is 11.9. The van der Waals surface area contributed by atoms with E-state index in [1.54, 1.807) is 19.1 Å². The zero-order valence-electron chi connectivity index (χ0n) is 15.7. The van der Waals surface area contributed by atoms with Gasteiger partial charge in [-0.25, -0.2) is 4.79 Å². The molecule has 0 N–H and O–H groups in total. The Balaban J connectivity index is 2.37. The third-order valence-corrected chi connectivity index (χ3v) is 5.88. The van der Waals surface area contributed by atoms with Crippen molar-refractivity contribution in [1.29, 1.82) is 5.26 Å². The lowest BCUT2D eigenvalue weighted by molar-refractivity contribution is 0.0478. The highest BCUT2D eigenvalue weighted by molar-refractivity contribution is 6.76. The van der Waals surface area contributed by atoms with Gasteiger partial charge in [-0.2, -0.15) is 5.26 Å². The molecule has 0 aliphatic rings. The molecule has 1 heterocycles. The number of hydrogen-bond donors (Lipinski definition) is 0. The fourth-order valence-electron chi connectivity index (χ4n) is 2.64. The van der Waals surface area contributed by atoms with Crippen LogP contribution in [0.25, 0.3) is 10.9 Å². The summed E-state index contributed by atoms with van der Waals surface area (Å²) in [6, 6.07) is 8.70. The summed E-state index contributed by atoms with van der Waals surface area (Å²) in [5, 5.41) is 10.1. The van der Waals surface area contributed by atoms with Crippen molar-refractivity contribution in [2.75, 3.05) is 13.2 Å². The molecular formula is C19H26N2O3Si. The molecule has 134 valence electrons. The van der Waals surface area contributed by atoms with Gasteiger partial charge in [0.05, 0.1) is 23.8 Å². The Labute approximate surface area is 150 Å². The SMILES string of the molecule is CCOC(=O)c1cc2c(C)c(C#N)ccc2n1COCC[Si](C)(C)C. The number of rotatable bonds is 7. The average Bonchev–Trinajstić information content (AvgIpc) is 2.91. The van der Waals surface area contributed by atoms with Gasteiger partial charge in [0.25, 0.3) is 0 Å². The molecule has 0 saturated heterocycles. The molecule has 1 aromatic carbocycles. The van der Waals surface area contributed by atoms with E-state index < -0.39 is 8.07 Å². The first-order chi connectivity index (χ1) is 11.8. The molecule has 2 aromatic rings. The van der Waals surface area contributed by atoms with E-state index in [-0.39, 0.29) is 5.97 Å². The molecule has 25 heavy (non-hydrogen) atoms. The number of esters is 1. The number of carbonyl (C=O) groups excluding carboxylic acids is 1. The number of fused-ring (bicyclic) bond motifs is 1. The molecular weight excluding hydrogens is 332 g/mol. The van der Waals surface area contributed by atoms with Gasteiger partial charge in [-0.3, -0.25) is 0 Å². The first-order valence-electron chi connectivity index (χ1n) is 8.56. The number of ether oxygens (including phenoxy) is 2. The summed E-state index contributed by atoms with van der Waals surface area (Å²) >= 11 is 0. The first-order valence-corrected chi connectivity index (χ1v) is 12.3. The van der Waals surface area contributed by atoms with E-state index in [0.717, 1.165) is 22.5 Å². The maximum atomic E-state index is 12.3. The standard InChI is InChI=1S/C19H26N2O3Si/c1-6-24-19(22)18-11-16-14(2)15(12-20)7-8-17(16)21(18)13-23-9-10-25(3,4)5/h7-8,11H,6,9-10,13H2,1-5H3. The summed E-state index contributed by atoms with van der Waals surface area (Å²) in [5.41, 5.74) is 2.82. The second-order valence-corrected chi connectivity index (χ2v) is 12.9. The zero-order valence-corrected chi connectivity index (χ0v) is 16.7. The Kier molecular flexibility index (Phi) is 6.04. The summed E-state index contributed by atoms with van der Waals surface area (Å²) < 4.78 is 12.9. The van der Waals surface area contributed by atoms with Crippen molar-refractivity contribution in [3.8, 4) is 6.07 Å². The lowest BCUT2D eigenvalue weighted by atomic mass is 10.1. The van der Waals surface area contributed by atoms with Crippen LogP contribution in [0.2, 0.25) is 25.7 Å². The van der Waals surface area contributed by atoms with Gasteiger partial charge in [-0.15, -0.1) is 0 Å². The minimum absolute atomic E-state index is 0.299. The van der Waals surface area contributed by atoms with Gasteiger partial charge >= 0.3 is 5.97 Å². The molecule has 0 radical (unpaired) electrons. The highest BCUT2D eigenvalue weighted by atomic mass is 28.3. The molecule has 2 rings (SSSR count). The Morgan fingerprint density at radius 2 is 2.04 bits per heavy atom. The Morgan fingerprint density at radius 1 is 1.32 bits per heavy atom. The molecule has 0 saturated carbocycles. The van der Waals surface area contributed by atoms with Crippen molar-refractivity contribution in [2.45, 2.75) is 46.3 Å². The van der Waals surface area contributed by atoms with E-state index >= 15 is 0 Å². The highest BCUT2D eigenvalue weighted by Gasteiger charge is 2.19. The van der Waals surface area contributed by atoms with Gasteiger partial charge < -0.3 is 14.0 Å². The van der Waals surface area contributed by atoms with Crippen LogP contribution < -0.4 is 0 Å². The molecule has 0 bridgehead atoms. The molecule has 0 aliphatic carbocycles. The number of benzene rings is 1. The molecule has 5 nitrogen and oxygen atoms in total. The summed E-state index contributed by atoms with van der Waals surface area (Å²) in [4.78, 5) is 12.3. The predicted octanol–water partition coefficient (Wildman–Crippen LogP) is 4.31. The molecule has 1 aromatic heterocycles. The molecule has 0 amide bonds. The van der Waals surface area contributed by atoms with E-state index in [1.807, 2.05) is 17.6 Å². The molecule has 6 heteroatoms. The van der Waals surface area contributed by atoms with Crippen molar-refractivity contribution in [3.05, 3.63) is 35.0 Å². The van der Waals surface area contributed by atoms with Crippen molar-refractivity contribution < 1.29 is 14.3 Å². The Morgan fingerprint density at radius 3 is 2.64 bits per heavy atom. The molecule has 0 fully saturated rings. The molecule has 0 spiro atoms. The van der Waals surface area contributed by atoms with E-state index in [0.29, 0.717) is 31.2 Å². The van der Waals surface area contributed by atoms with Crippen LogP contribution in [0.15, 0.2) is 18.2 Å². The highest BCUT2D eigenvalue weighted by Crippen LogP contribution is 2.26. The smallest absolute Gasteiger partial charge is 0.355 e. The van der Waals surface area contributed by atoms with Crippen LogP contribution >= 0.6 is 0 Å². The molecule has 0 aliphatic heterocycles. The predicted molar refractivity (Wildman–Crippen MR) is 101 cm³/mol. The topological polar surface area (TPSA) is 64.2 Å². The van der Waals surface area contributed by atoms with Crippen LogP contribution in [-0.4, -0.2) is 31.8 Å². The summed E-state index contributed by atoms with van der Waals surface area (Å²) in [7, 11) is -1.16. The number of nitriles is 1. The van der Waals surface area contributed by atoms with Gasteiger partial charge in [0.2, 0.25) is 0 Å². The Bertz CT molecular complexity index is 813. The second kappa shape index (κ2) is 7.85. The maximum Gasteiger partial charge on any atom is 0.355 e. The zero-order chi connectivity index (χ0) is 18.6. The van der Waals surface area contributed by atoms with Crippen LogP contribution in [0.1, 0.15) is 28.5 Å². The minimum Gasteiger partial charge on any atom is -0.461 e. The molecule has 0 atom stereocenters. The van der Waals surface area contributed by atoms with E-state index in [2.05, 4.69) is 25.7 Å². The van der Waals surface area contributed by atoms with E-state index in [1.165, 1.54) is 0 Å². The van der Waals surface area contributed by atoms with Crippen molar-refractivity contribution in [1.82, 2.24) is 4.57 Å². The fourth-order valence-corrected chi connectivity index (χ4v) is 3.40. The van der Waals surface area contributed by atoms with Crippen molar-refractivity contribution in [3.63, 3.8) is 0 Å². The van der Waals surface area contributed by atoms with Crippen LogP contribution in [-0.2, 0) is 16.2 Å². The number of carbonyl (C=O) groups is 1. The summed E-state index contributed by atoms with van der Waals surface area (Å²) in [6.07, 6.45) is 0. The normalized spacial score (nSPS) is 11.5. The number of aromatic nitrogens is 1. The molecule has 0 unspecified atom stereocenters. The minimum atomic E-state index is -1.16. The van der Waals surface area contributed by atoms with Crippen LogP contribution in [0.3, 0.4) is 0 Å². The van der Waals surface area contributed by atoms with Crippen molar-refractivity contribution >= 4 is 24.9 Å². The maximum absolute atomic E-state index is 12.3.